The summed E-state index contributed by atoms with van der Waals surface area (Å²) >= 11 is 11.4. The first kappa shape index (κ1) is 13.4. The summed E-state index contributed by atoms with van der Waals surface area (Å²) in [5, 5.41) is 11.7. The van der Waals surface area contributed by atoms with Crippen molar-refractivity contribution in [2.24, 2.45) is 0 Å². The normalized spacial score (nSPS) is 11.9. The molecule has 0 radical (unpaired) electrons. The average molecular weight is 339 g/mol. The van der Waals surface area contributed by atoms with E-state index in [4.69, 9.17) is 11.6 Å². The highest BCUT2D eigenvalue weighted by molar-refractivity contribution is 9.10. The standard InChI is InChI=1S/C14H9BrClNS/c1-9-4-2-5-10(13(9)15)14(16)11(8-17)12-6-3-7-18-12/h2-7H,1H3/b14-11+. The molecular formula is C14H9BrClNS. The van der Waals surface area contributed by atoms with Gasteiger partial charge in [0.25, 0.3) is 0 Å². The fourth-order valence-electron chi connectivity index (χ4n) is 1.58. The lowest BCUT2D eigenvalue weighted by atomic mass is 10.1. The quantitative estimate of drug-likeness (QED) is 0.668. The average Bonchev–Trinajstić information content (AvgIpc) is 2.87. The van der Waals surface area contributed by atoms with Gasteiger partial charge >= 0.3 is 0 Å². The summed E-state index contributed by atoms with van der Waals surface area (Å²) in [6.45, 7) is 1.99. The predicted octanol–water partition coefficient (Wildman–Crippen LogP) is 5.45. The van der Waals surface area contributed by atoms with Crippen LogP contribution < -0.4 is 0 Å². The van der Waals surface area contributed by atoms with Crippen molar-refractivity contribution in [2.75, 3.05) is 0 Å². The number of rotatable bonds is 2. The zero-order valence-electron chi connectivity index (χ0n) is 9.58. The lowest BCUT2D eigenvalue weighted by Crippen LogP contribution is -1.87. The van der Waals surface area contributed by atoms with Gasteiger partial charge in [-0.3, -0.25) is 0 Å². The van der Waals surface area contributed by atoms with E-state index in [9.17, 15) is 5.26 Å². The van der Waals surface area contributed by atoms with Crippen LogP contribution in [0, 0.1) is 18.3 Å². The third-order valence-corrected chi connectivity index (χ3v) is 4.86. The van der Waals surface area contributed by atoms with Gasteiger partial charge in [-0.1, -0.05) is 35.9 Å². The zero-order valence-corrected chi connectivity index (χ0v) is 12.7. The van der Waals surface area contributed by atoms with Crippen molar-refractivity contribution in [1.29, 1.82) is 5.26 Å². The Hall–Kier alpha value is -1.08. The highest BCUT2D eigenvalue weighted by Crippen LogP contribution is 2.36. The molecule has 0 fully saturated rings. The van der Waals surface area contributed by atoms with Crippen LogP contribution in [-0.4, -0.2) is 0 Å². The Morgan fingerprint density at radius 1 is 1.33 bits per heavy atom. The van der Waals surface area contributed by atoms with Crippen LogP contribution in [-0.2, 0) is 0 Å². The number of benzene rings is 1. The van der Waals surface area contributed by atoms with Gasteiger partial charge in [0.15, 0.2) is 0 Å². The largest absolute Gasteiger partial charge is 0.192 e. The second-order valence-electron chi connectivity index (χ2n) is 3.71. The molecule has 0 unspecified atom stereocenters. The van der Waals surface area contributed by atoms with Gasteiger partial charge in [0.2, 0.25) is 0 Å². The molecule has 4 heteroatoms. The molecule has 0 saturated carbocycles. The van der Waals surface area contributed by atoms with Crippen molar-refractivity contribution in [2.45, 2.75) is 6.92 Å². The SMILES string of the molecule is Cc1cccc(/C(Cl)=C(/C#N)c2cccs2)c1Br. The van der Waals surface area contributed by atoms with Crippen LogP contribution in [0.25, 0.3) is 10.6 Å². The summed E-state index contributed by atoms with van der Waals surface area (Å²) in [5.41, 5.74) is 2.45. The Balaban J connectivity index is 2.62. The summed E-state index contributed by atoms with van der Waals surface area (Å²) in [6.07, 6.45) is 0. The molecule has 0 aliphatic carbocycles. The maximum Gasteiger partial charge on any atom is 0.102 e. The summed E-state index contributed by atoms with van der Waals surface area (Å²) < 4.78 is 0.930. The van der Waals surface area contributed by atoms with E-state index in [0.29, 0.717) is 10.6 Å². The monoisotopic (exact) mass is 337 g/mol. The highest BCUT2D eigenvalue weighted by Gasteiger charge is 2.13. The smallest absolute Gasteiger partial charge is 0.102 e. The van der Waals surface area contributed by atoms with Gasteiger partial charge < -0.3 is 0 Å². The van der Waals surface area contributed by atoms with Crippen LogP contribution in [0.4, 0.5) is 0 Å². The first-order valence-corrected chi connectivity index (χ1v) is 7.29. The third-order valence-electron chi connectivity index (χ3n) is 2.53. The minimum absolute atomic E-state index is 0.482. The second-order valence-corrected chi connectivity index (χ2v) is 5.83. The number of aryl methyl sites for hydroxylation is 1. The molecular weight excluding hydrogens is 330 g/mol. The van der Waals surface area contributed by atoms with Crippen LogP contribution in [0.5, 0.6) is 0 Å². The summed E-state index contributed by atoms with van der Waals surface area (Å²) in [6, 6.07) is 11.8. The van der Waals surface area contributed by atoms with Crippen molar-refractivity contribution in [3.63, 3.8) is 0 Å². The third kappa shape index (κ3) is 2.51. The van der Waals surface area contributed by atoms with E-state index in [2.05, 4.69) is 22.0 Å². The van der Waals surface area contributed by atoms with Crippen molar-refractivity contribution in [3.8, 4) is 6.07 Å². The topological polar surface area (TPSA) is 23.8 Å². The molecule has 2 rings (SSSR count). The van der Waals surface area contributed by atoms with Crippen LogP contribution in [0.1, 0.15) is 16.0 Å². The van der Waals surface area contributed by atoms with E-state index in [1.807, 2.05) is 42.6 Å². The maximum absolute atomic E-state index is 9.29. The molecule has 0 aliphatic heterocycles. The lowest BCUT2D eigenvalue weighted by molar-refractivity contribution is 1.41. The van der Waals surface area contributed by atoms with Gasteiger partial charge in [-0.05, 0) is 39.9 Å². The van der Waals surface area contributed by atoms with Crippen LogP contribution in [0.15, 0.2) is 40.2 Å². The van der Waals surface area contributed by atoms with E-state index in [-0.39, 0.29) is 0 Å². The minimum Gasteiger partial charge on any atom is -0.192 e. The Labute approximate surface area is 123 Å². The zero-order chi connectivity index (χ0) is 13.1. The number of hydrogen-bond acceptors (Lipinski definition) is 2. The molecule has 2 aromatic rings. The molecule has 90 valence electrons. The molecule has 0 N–H and O–H groups in total. The molecule has 18 heavy (non-hydrogen) atoms. The molecule has 1 nitrogen and oxygen atoms in total. The first-order valence-electron chi connectivity index (χ1n) is 5.24. The van der Waals surface area contributed by atoms with Gasteiger partial charge in [-0.25, -0.2) is 0 Å². The number of nitrogens with zero attached hydrogens (tertiary/aromatic N) is 1. The van der Waals surface area contributed by atoms with E-state index in [0.717, 1.165) is 20.5 Å². The number of thiophene rings is 1. The molecule has 0 bridgehead atoms. The Morgan fingerprint density at radius 2 is 2.11 bits per heavy atom. The van der Waals surface area contributed by atoms with E-state index >= 15 is 0 Å². The molecule has 1 aromatic carbocycles. The van der Waals surface area contributed by atoms with E-state index < -0.39 is 0 Å². The number of nitriles is 1. The Morgan fingerprint density at radius 3 is 2.72 bits per heavy atom. The van der Waals surface area contributed by atoms with Crippen LogP contribution in [0.2, 0.25) is 0 Å². The van der Waals surface area contributed by atoms with Crippen molar-refractivity contribution >= 4 is 49.5 Å². The molecule has 0 spiro atoms. The second kappa shape index (κ2) is 5.71. The summed E-state index contributed by atoms with van der Waals surface area (Å²) in [5.74, 6) is 0. The van der Waals surface area contributed by atoms with Gasteiger partial charge in [0.1, 0.15) is 6.07 Å². The fourth-order valence-corrected chi connectivity index (χ4v) is 3.25. The van der Waals surface area contributed by atoms with Crippen molar-refractivity contribution < 1.29 is 0 Å². The minimum atomic E-state index is 0.482. The summed E-state index contributed by atoms with van der Waals surface area (Å²) in [4.78, 5) is 0.885. The van der Waals surface area contributed by atoms with Gasteiger partial charge in [-0.2, -0.15) is 5.26 Å². The number of hydrogen-bond donors (Lipinski definition) is 0. The van der Waals surface area contributed by atoms with Crippen LogP contribution in [0.3, 0.4) is 0 Å². The fraction of sp³-hybridized carbons (Fsp3) is 0.0714. The Kier molecular flexibility index (Phi) is 4.23. The van der Waals surface area contributed by atoms with Gasteiger partial charge in [0, 0.05) is 14.9 Å². The molecule has 1 heterocycles. The van der Waals surface area contributed by atoms with Gasteiger partial charge in [0.05, 0.1) is 10.6 Å². The number of halogens is 2. The molecule has 0 aliphatic rings. The Bertz CT molecular complexity index is 638. The summed E-state index contributed by atoms with van der Waals surface area (Å²) in [7, 11) is 0. The maximum atomic E-state index is 9.29. The van der Waals surface area contributed by atoms with E-state index in [1.165, 1.54) is 11.3 Å². The molecule has 0 saturated heterocycles. The molecule has 1 aromatic heterocycles. The first-order chi connectivity index (χ1) is 8.65. The van der Waals surface area contributed by atoms with E-state index in [1.54, 1.807) is 0 Å². The van der Waals surface area contributed by atoms with Crippen molar-refractivity contribution in [3.05, 3.63) is 56.2 Å². The van der Waals surface area contributed by atoms with Crippen molar-refractivity contribution in [1.82, 2.24) is 0 Å². The predicted molar refractivity (Wildman–Crippen MR) is 81.5 cm³/mol. The molecule has 0 atom stereocenters. The van der Waals surface area contributed by atoms with Crippen LogP contribution >= 0.6 is 38.9 Å². The number of allylic oxidation sites excluding steroid dienone is 1. The molecule has 0 amide bonds. The highest BCUT2D eigenvalue weighted by atomic mass is 79.9. The lowest BCUT2D eigenvalue weighted by Gasteiger charge is -2.07. The van der Waals surface area contributed by atoms with Gasteiger partial charge in [-0.15, -0.1) is 11.3 Å².